The van der Waals surface area contributed by atoms with Gasteiger partial charge in [-0.05, 0) is 24.8 Å². The van der Waals surface area contributed by atoms with Gasteiger partial charge >= 0.3 is 0 Å². The van der Waals surface area contributed by atoms with Crippen molar-refractivity contribution in [3.05, 3.63) is 34.4 Å². The second-order valence-electron chi connectivity index (χ2n) is 5.28. The number of amides is 1. The van der Waals surface area contributed by atoms with E-state index in [1.807, 2.05) is 17.0 Å². The highest BCUT2D eigenvalue weighted by atomic mass is 35.5. The molecule has 0 radical (unpaired) electrons. The van der Waals surface area contributed by atoms with Crippen molar-refractivity contribution in [2.45, 2.75) is 12.5 Å². The summed E-state index contributed by atoms with van der Waals surface area (Å²) < 4.78 is 0.746. The van der Waals surface area contributed by atoms with Crippen LogP contribution in [-0.2, 0) is 0 Å². The molecule has 2 aliphatic rings. The predicted octanol–water partition coefficient (Wildman–Crippen LogP) is 2.93. The van der Waals surface area contributed by atoms with Gasteiger partial charge in [0.25, 0.3) is 5.91 Å². The molecule has 0 spiro atoms. The molecule has 4 nitrogen and oxygen atoms in total. The number of hydrogen-bond acceptors (Lipinski definition) is 3. The fourth-order valence-electron chi connectivity index (χ4n) is 2.99. The third-order valence-electron chi connectivity index (χ3n) is 4.03. The standard InChI is InChI=1S/C14H14ClN3OS/c15-12-7-9-6-11(16-13(9)20-12)14(19)18-5-4-17-3-1-2-10(17)8-18/h1,3,6-7,10,16H,2,4-5,8H2. The fraction of sp³-hybridized carbons (Fsp3) is 0.357. The maximum absolute atomic E-state index is 12.6. The lowest BCUT2D eigenvalue weighted by molar-refractivity contribution is 0.0603. The van der Waals surface area contributed by atoms with Gasteiger partial charge in [0.05, 0.1) is 4.34 Å². The number of carbonyl (C=O) groups is 1. The Morgan fingerprint density at radius 2 is 2.30 bits per heavy atom. The first-order chi connectivity index (χ1) is 9.70. The van der Waals surface area contributed by atoms with Crippen LogP contribution in [0.5, 0.6) is 0 Å². The number of thiophene rings is 1. The van der Waals surface area contributed by atoms with Gasteiger partial charge in [-0.25, -0.2) is 0 Å². The minimum absolute atomic E-state index is 0.0936. The Morgan fingerprint density at radius 3 is 3.15 bits per heavy atom. The number of H-pyrrole nitrogens is 1. The van der Waals surface area contributed by atoms with Crippen LogP contribution in [-0.4, -0.2) is 46.4 Å². The molecule has 2 aliphatic heterocycles. The summed E-state index contributed by atoms with van der Waals surface area (Å²) in [5.74, 6) is 0.0936. The summed E-state index contributed by atoms with van der Waals surface area (Å²) in [6.45, 7) is 2.51. The second-order valence-corrected chi connectivity index (χ2v) is 6.96. The number of aromatic amines is 1. The first-order valence-electron chi connectivity index (χ1n) is 6.70. The third-order valence-corrected chi connectivity index (χ3v) is 5.23. The maximum Gasteiger partial charge on any atom is 0.270 e. The zero-order valence-corrected chi connectivity index (χ0v) is 12.4. The normalized spacial score (nSPS) is 21.8. The molecule has 1 atom stereocenters. The molecule has 6 heteroatoms. The number of rotatable bonds is 1. The van der Waals surface area contributed by atoms with Crippen LogP contribution in [0.3, 0.4) is 0 Å². The molecule has 20 heavy (non-hydrogen) atoms. The SMILES string of the molecule is O=C(c1cc2cc(Cl)sc2[nH]1)N1CCN2C=CCC2C1. The lowest BCUT2D eigenvalue weighted by Gasteiger charge is -2.38. The van der Waals surface area contributed by atoms with Gasteiger partial charge in [0.1, 0.15) is 10.5 Å². The third kappa shape index (κ3) is 1.93. The van der Waals surface area contributed by atoms with Crippen molar-refractivity contribution in [2.75, 3.05) is 19.6 Å². The van der Waals surface area contributed by atoms with E-state index in [0.717, 1.165) is 40.6 Å². The Bertz CT molecular complexity index is 673. The molecule has 4 heterocycles. The van der Waals surface area contributed by atoms with Gasteiger partial charge in [-0.3, -0.25) is 4.79 Å². The lowest BCUT2D eigenvalue weighted by Crippen LogP contribution is -2.51. The van der Waals surface area contributed by atoms with Crippen LogP contribution in [0.1, 0.15) is 16.9 Å². The number of piperazine rings is 1. The van der Waals surface area contributed by atoms with E-state index in [-0.39, 0.29) is 5.91 Å². The fourth-order valence-corrected chi connectivity index (χ4v) is 4.12. The minimum atomic E-state index is 0.0936. The van der Waals surface area contributed by atoms with Gasteiger partial charge in [-0.2, -0.15) is 0 Å². The molecule has 1 N–H and O–H groups in total. The monoisotopic (exact) mass is 307 g/mol. The van der Waals surface area contributed by atoms with Gasteiger partial charge in [0.2, 0.25) is 0 Å². The number of fused-ring (bicyclic) bond motifs is 2. The largest absolute Gasteiger partial charge is 0.371 e. The summed E-state index contributed by atoms with van der Waals surface area (Å²) in [5, 5.41) is 1.02. The first kappa shape index (κ1) is 12.3. The summed E-state index contributed by atoms with van der Waals surface area (Å²) in [5.41, 5.74) is 0.669. The van der Waals surface area contributed by atoms with Crippen LogP contribution in [0, 0.1) is 0 Å². The minimum Gasteiger partial charge on any atom is -0.371 e. The van der Waals surface area contributed by atoms with E-state index in [0.29, 0.717) is 11.7 Å². The zero-order chi connectivity index (χ0) is 13.7. The average molecular weight is 308 g/mol. The Morgan fingerprint density at radius 1 is 1.40 bits per heavy atom. The average Bonchev–Trinajstić information content (AvgIpc) is 3.09. The molecule has 1 amide bonds. The maximum atomic E-state index is 12.6. The Hall–Kier alpha value is -1.46. The van der Waals surface area contributed by atoms with Gasteiger partial charge in [0.15, 0.2) is 0 Å². The molecular weight excluding hydrogens is 294 g/mol. The highest BCUT2D eigenvalue weighted by Crippen LogP contribution is 2.30. The second kappa shape index (κ2) is 4.53. The highest BCUT2D eigenvalue weighted by Gasteiger charge is 2.30. The van der Waals surface area contributed by atoms with Crippen LogP contribution < -0.4 is 0 Å². The predicted molar refractivity (Wildman–Crippen MR) is 81.3 cm³/mol. The summed E-state index contributed by atoms with van der Waals surface area (Å²) in [6, 6.07) is 4.26. The molecular formula is C14H14ClN3OS. The van der Waals surface area contributed by atoms with Gasteiger partial charge < -0.3 is 14.8 Å². The van der Waals surface area contributed by atoms with Gasteiger partial charge in [-0.15, -0.1) is 11.3 Å². The molecule has 1 fully saturated rings. The van der Waals surface area contributed by atoms with Crippen LogP contribution in [0.2, 0.25) is 4.34 Å². The number of halogens is 1. The lowest BCUT2D eigenvalue weighted by atomic mass is 10.1. The quantitative estimate of drug-likeness (QED) is 0.880. The molecule has 2 aromatic rings. The highest BCUT2D eigenvalue weighted by molar-refractivity contribution is 7.22. The summed E-state index contributed by atoms with van der Waals surface area (Å²) in [7, 11) is 0. The Kier molecular flexibility index (Phi) is 2.79. The van der Waals surface area contributed by atoms with Crippen molar-refractivity contribution in [3.63, 3.8) is 0 Å². The van der Waals surface area contributed by atoms with Crippen LogP contribution in [0.4, 0.5) is 0 Å². The molecule has 2 aromatic heterocycles. The van der Waals surface area contributed by atoms with Crippen molar-refractivity contribution in [3.8, 4) is 0 Å². The molecule has 0 saturated carbocycles. The molecule has 104 valence electrons. The summed E-state index contributed by atoms with van der Waals surface area (Å²) in [4.78, 5) is 21.0. The van der Waals surface area contributed by atoms with Crippen LogP contribution in [0.25, 0.3) is 10.2 Å². The Labute approximate surface area is 125 Å². The number of aromatic nitrogens is 1. The summed E-state index contributed by atoms with van der Waals surface area (Å²) in [6.07, 6.45) is 5.38. The first-order valence-corrected chi connectivity index (χ1v) is 7.90. The van der Waals surface area contributed by atoms with E-state index in [9.17, 15) is 4.79 Å². The number of nitrogens with zero attached hydrogens (tertiary/aromatic N) is 2. The van der Waals surface area contributed by atoms with Gasteiger partial charge in [0, 0.05) is 31.1 Å². The van der Waals surface area contributed by atoms with E-state index in [2.05, 4.69) is 22.2 Å². The zero-order valence-electron chi connectivity index (χ0n) is 10.8. The number of hydrogen-bond donors (Lipinski definition) is 1. The van der Waals surface area contributed by atoms with Crippen molar-refractivity contribution < 1.29 is 4.79 Å². The van der Waals surface area contributed by atoms with E-state index in [4.69, 9.17) is 11.6 Å². The van der Waals surface area contributed by atoms with E-state index >= 15 is 0 Å². The van der Waals surface area contributed by atoms with Gasteiger partial charge in [-0.1, -0.05) is 17.7 Å². The molecule has 0 bridgehead atoms. The topological polar surface area (TPSA) is 39.3 Å². The molecule has 4 rings (SSSR count). The smallest absolute Gasteiger partial charge is 0.270 e. The summed E-state index contributed by atoms with van der Waals surface area (Å²) >= 11 is 7.43. The molecule has 0 aromatic carbocycles. The molecule has 0 aliphatic carbocycles. The van der Waals surface area contributed by atoms with Crippen molar-refractivity contribution >= 4 is 39.1 Å². The van der Waals surface area contributed by atoms with Crippen LogP contribution >= 0.6 is 22.9 Å². The van der Waals surface area contributed by atoms with E-state index in [1.165, 1.54) is 11.3 Å². The molecule has 1 unspecified atom stereocenters. The van der Waals surface area contributed by atoms with Crippen molar-refractivity contribution in [1.82, 2.24) is 14.8 Å². The molecule has 1 saturated heterocycles. The Balaban J connectivity index is 1.55. The van der Waals surface area contributed by atoms with Crippen molar-refractivity contribution in [1.29, 1.82) is 0 Å². The van der Waals surface area contributed by atoms with E-state index in [1.54, 1.807) is 0 Å². The van der Waals surface area contributed by atoms with Crippen LogP contribution in [0.15, 0.2) is 24.4 Å². The van der Waals surface area contributed by atoms with E-state index < -0.39 is 0 Å². The number of carbonyl (C=O) groups excluding carboxylic acids is 1. The number of nitrogens with one attached hydrogen (secondary N) is 1. The van der Waals surface area contributed by atoms with Crippen molar-refractivity contribution in [2.24, 2.45) is 0 Å².